The number of carbonyl (C=O) groups is 1. The molecule has 0 aliphatic carbocycles. The van der Waals surface area contributed by atoms with Crippen molar-refractivity contribution in [3.8, 4) is 5.75 Å². The van der Waals surface area contributed by atoms with Crippen LogP contribution in [0.1, 0.15) is 16.1 Å². The molecule has 1 N–H and O–H groups in total. The number of ether oxygens (including phenoxy) is 1. The summed E-state index contributed by atoms with van der Waals surface area (Å²) in [5.74, 6) is 1.11. The van der Waals surface area contributed by atoms with Crippen molar-refractivity contribution in [1.82, 2.24) is 15.1 Å². The van der Waals surface area contributed by atoms with E-state index in [-0.39, 0.29) is 11.6 Å². The van der Waals surface area contributed by atoms with Crippen molar-refractivity contribution in [2.45, 2.75) is 6.92 Å². The molecule has 7 heteroatoms. The SMILES string of the molecule is COc1ccc(C)cc1NC(=O)c1ccc(N2CCN(C)CC2)nn1. The molecule has 2 aromatic rings. The van der Waals surface area contributed by atoms with E-state index in [1.54, 1.807) is 13.2 Å². The number of aromatic nitrogens is 2. The molecule has 1 aliphatic heterocycles. The van der Waals surface area contributed by atoms with Crippen molar-refractivity contribution < 1.29 is 9.53 Å². The summed E-state index contributed by atoms with van der Waals surface area (Å²) in [6, 6.07) is 9.17. The van der Waals surface area contributed by atoms with Crippen LogP contribution >= 0.6 is 0 Å². The maximum absolute atomic E-state index is 12.4. The van der Waals surface area contributed by atoms with Gasteiger partial charge in [0.15, 0.2) is 11.5 Å². The van der Waals surface area contributed by atoms with Gasteiger partial charge in [0.25, 0.3) is 5.91 Å². The van der Waals surface area contributed by atoms with E-state index in [0.717, 1.165) is 37.6 Å². The number of methoxy groups -OCH3 is 1. The van der Waals surface area contributed by atoms with E-state index in [4.69, 9.17) is 4.74 Å². The van der Waals surface area contributed by atoms with Gasteiger partial charge in [0.05, 0.1) is 12.8 Å². The molecule has 0 unspecified atom stereocenters. The number of amides is 1. The van der Waals surface area contributed by atoms with E-state index in [9.17, 15) is 4.79 Å². The number of rotatable bonds is 4. The highest BCUT2D eigenvalue weighted by molar-refractivity contribution is 6.03. The van der Waals surface area contributed by atoms with Gasteiger partial charge >= 0.3 is 0 Å². The summed E-state index contributed by atoms with van der Waals surface area (Å²) in [6.07, 6.45) is 0. The molecule has 0 spiro atoms. The summed E-state index contributed by atoms with van der Waals surface area (Å²) < 4.78 is 5.28. The van der Waals surface area contributed by atoms with Crippen LogP contribution in [0.3, 0.4) is 0 Å². The van der Waals surface area contributed by atoms with Crippen molar-refractivity contribution in [2.75, 3.05) is 50.6 Å². The number of benzene rings is 1. The molecule has 1 fully saturated rings. The molecule has 7 nitrogen and oxygen atoms in total. The molecule has 0 saturated carbocycles. The fourth-order valence-corrected chi connectivity index (χ4v) is 2.76. The Morgan fingerprint density at radius 3 is 2.52 bits per heavy atom. The molecular formula is C18H23N5O2. The second-order valence-corrected chi connectivity index (χ2v) is 6.22. The predicted molar refractivity (Wildman–Crippen MR) is 97.4 cm³/mol. The number of hydrogen-bond acceptors (Lipinski definition) is 6. The molecule has 1 aliphatic rings. The molecule has 2 heterocycles. The lowest BCUT2D eigenvalue weighted by molar-refractivity contribution is 0.102. The number of likely N-dealkylation sites (N-methyl/N-ethyl adjacent to an activating group) is 1. The Balaban J connectivity index is 1.70. The van der Waals surface area contributed by atoms with Gasteiger partial charge in [-0.1, -0.05) is 6.07 Å². The highest BCUT2D eigenvalue weighted by Gasteiger charge is 2.17. The van der Waals surface area contributed by atoms with Gasteiger partial charge in [-0.15, -0.1) is 10.2 Å². The number of hydrogen-bond donors (Lipinski definition) is 1. The van der Waals surface area contributed by atoms with Gasteiger partial charge < -0.3 is 19.9 Å². The number of piperazine rings is 1. The Kier molecular flexibility index (Phi) is 5.14. The normalized spacial score (nSPS) is 15.1. The average Bonchev–Trinajstić information content (AvgIpc) is 2.63. The second-order valence-electron chi connectivity index (χ2n) is 6.22. The fourth-order valence-electron chi connectivity index (χ4n) is 2.76. The van der Waals surface area contributed by atoms with Crippen molar-refractivity contribution in [2.24, 2.45) is 0 Å². The maximum atomic E-state index is 12.4. The summed E-state index contributed by atoms with van der Waals surface area (Å²) in [6.45, 7) is 5.78. The third kappa shape index (κ3) is 4.06. The van der Waals surface area contributed by atoms with Crippen molar-refractivity contribution in [3.63, 3.8) is 0 Å². The zero-order valence-corrected chi connectivity index (χ0v) is 14.8. The Morgan fingerprint density at radius 2 is 1.88 bits per heavy atom. The van der Waals surface area contributed by atoms with Crippen LogP contribution < -0.4 is 15.0 Å². The molecule has 1 amide bonds. The second kappa shape index (κ2) is 7.48. The van der Waals surface area contributed by atoms with Crippen LogP contribution in [0, 0.1) is 6.92 Å². The predicted octanol–water partition coefficient (Wildman–Crippen LogP) is 1.80. The Labute approximate surface area is 147 Å². The molecule has 0 atom stereocenters. The lowest BCUT2D eigenvalue weighted by atomic mass is 10.2. The fraction of sp³-hybridized carbons (Fsp3) is 0.389. The molecule has 1 aromatic carbocycles. The van der Waals surface area contributed by atoms with Crippen LogP contribution in [0.5, 0.6) is 5.75 Å². The van der Waals surface area contributed by atoms with Crippen molar-refractivity contribution in [1.29, 1.82) is 0 Å². The largest absolute Gasteiger partial charge is 0.495 e. The van der Waals surface area contributed by atoms with E-state index >= 15 is 0 Å². The van der Waals surface area contributed by atoms with Crippen molar-refractivity contribution >= 4 is 17.4 Å². The Morgan fingerprint density at radius 1 is 1.12 bits per heavy atom. The Bertz CT molecular complexity index is 740. The first-order chi connectivity index (χ1) is 12.1. The van der Waals surface area contributed by atoms with Gasteiger partial charge in [0.2, 0.25) is 0 Å². The molecule has 1 saturated heterocycles. The molecule has 3 rings (SSSR count). The summed E-state index contributed by atoms with van der Waals surface area (Å²) in [4.78, 5) is 16.9. The molecular weight excluding hydrogens is 318 g/mol. The summed E-state index contributed by atoms with van der Waals surface area (Å²) in [5, 5.41) is 11.1. The number of aryl methyl sites for hydroxylation is 1. The Hall–Kier alpha value is -2.67. The van der Waals surface area contributed by atoms with Gasteiger partial charge in [-0.2, -0.15) is 0 Å². The van der Waals surface area contributed by atoms with E-state index < -0.39 is 0 Å². The zero-order valence-electron chi connectivity index (χ0n) is 14.8. The maximum Gasteiger partial charge on any atom is 0.276 e. The third-order valence-electron chi connectivity index (χ3n) is 4.31. The highest BCUT2D eigenvalue weighted by Crippen LogP contribution is 2.25. The highest BCUT2D eigenvalue weighted by atomic mass is 16.5. The van der Waals surface area contributed by atoms with Crippen molar-refractivity contribution in [3.05, 3.63) is 41.6 Å². The first-order valence-electron chi connectivity index (χ1n) is 8.30. The molecule has 0 radical (unpaired) electrons. The lowest BCUT2D eigenvalue weighted by Gasteiger charge is -2.32. The third-order valence-corrected chi connectivity index (χ3v) is 4.31. The van der Waals surface area contributed by atoms with Gasteiger partial charge in [-0.3, -0.25) is 4.79 Å². The van der Waals surface area contributed by atoms with E-state index in [0.29, 0.717) is 11.4 Å². The summed E-state index contributed by atoms with van der Waals surface area (Å²) >= 11 is 0. The number of nitrogens with one attached hydrogen (secondary N) is 1. The van der Waals surface area contributed by atoms with Gasteiger partial charge in [0, 0.05) is 26.2 Å². The monoisotopic (exact) mass is 341 g/mol. The minimum atomic E-state index is -0.304. The minimum Gasteiger partial charge on any atom is -0.495 e. The van der Waals surface area contributed by atoms with Crippen LogP contribution in [0.15, 0.2) is 30.3 Å². The quantitative estimate of drug-likeness (QED) is 0.914. The van der Waals surface area contributed by atoms with Crippen LogP contribution in [0.25, 0.3) is 0 Å². The zero-order chi connectivity index (χ0) is 17.8. The topological polar surface area (TPSA) is 70.6 Å². The van der Waals surface area contributed by atoms with E-state index in [2.05, 4.69) is 32.4 Å². The lowest BCUT2D eigenvalue weighted by Crippen LogP contribution is -2.44. The van der Waals surface area contributed by atoms with Gasteiger partial charge in [-0.25, -0.2) is 0 Å². The minimum absolute atomic E-state index is 0.279. The van der Waals surface area contributed by atoms with E-state index in [1.165, 1.54) is 0 Å². The summed E-state index contributed by atoms with van der Waals surface area (Å²) in [7, 11) is 3.68. The molecule has 25 heavy (non-hydrogen) atoms. The molecule has 132 valence electrons. The van der Waals surface area contributed by atoms with Crippen LogP contribution in [0.2, 0.25) is 0 Å². The molecule has 0 bridgehead atoms. The standard InChI is InChI=1S/C18H23N5O2/c1-13-4-6-16(25-3)15(12-13)19-18(24)14-5-7-17(21-20-14)23-10-8-22(2)9-11-23/h4-7,12H,8-11H2,1-3H3,(H,19,24). The number of carbonyl (C=O) groups excluding carboxylic acids is 1. The average molecular weight is 341 g/mol. The first kappa shape index (κ1) is 17.2. The first-order valence-corrected chi connectivity index (χ1v) is 8.30. The van der Waals surface area contributed by atoms with E-state index in [1.807, 2.05) is 31.2 Å². The van der Waals surface area contributed by atoms with Gasteiger partial charge in [0.1, 0.15) is 5.75 Å². The van der Waals surface area contributed by atoms with Crippen LogP contribution in [0.4, 0.5) is 11.5 Å². The summed E-state index contributed by atoms with van der Waals surface area (Å²) in [5.41, 5.74) is 1.94. The smallest absolute Gasteiger partial charge is 0.276 e. The van der Waals surface area contributed by atoms with Crippen LogP contribution in [-0.4, -0.2) is 61.3 Å². The molecule has 1 aromatic heterocycles. The van der Waals surface area contributed by atoms with Gasteiger partial charge in [-0.05, 0) is 43.8 Å². The number of nitrogens with zero attached hydrogens (tertiary/aromatic N) is 4. The number of anilines is 2. The van der Waals surface area contributed by atoms with Crippen LogP contribution in [-0.2, 0) is 0 Å².